The summed E-state index contributed by atoms with van der Waals surface area (Å²) in [6.07, 6.45) is 4.27. The highest BCUT2D eigenvalue weighted by Gasteiger charge is 2.19. The van der Waals surface area contributed by atoms with Gasteiger partial charge in [-0.15, -0.1) is 0 Å². The Morgan fingerprint density at radius 2 is 1.64 bits per heavy atom. The topological polar surface area (TPSA) is 45.2 Å². The van der Waals surface area contributed by atoms with E-state index in [1.807, 2.05) is 18.2 Å². The highest BCUT2D eigenvalue weighted by molar-refractivity contribution is 6.05. The van der Waals surface area contributed by atoms with Crippen molar-refractivity contribution in [3.8, 4) is 0 Å². The lowest BCUT2D eigenvalue weighted by Crippen LogP contribution is -2.31. The molecule has 0 unspecified atom stereocenters. The summed E-state index contributed by atoms with van der Waals surface area (Å²) < 4.78 is 0. The predicted octanol–water partition coefficient (Wildman–Crippen LogP) is 3.90. The van der Waals surface area contributed by atoms with Gasteiger partial charge in [-0.1, -0.05) is 36.4 Å². The average molecular weight is 329 g/mol. The number of aromatic nitrogens is 1. The number of hydrogen-bond acceptors (Lipinski definition) is 3. The van der Waals surface area contributed by atoms with Crippen molar-refractivity contribution < 1.29 is 4.79 Å². The summed E-state index contributed by atoms with van der Waals surface area (Å²) in [6, 6.07) is 20.0. The molecule has 1 aromatic heterocycles. The summed E-state index contributed by atoms with van der Waals surface area (Å²) in [6.45, 7) is 1.80. The Hall–Kier alpha value is -3.14. The molecular formula is C21H19N3O. The maximum atomic E-state index is 12.5. The van der Waals surface area contributed by atoms with Crippen molar-refractivity contribution in [1.29, 1.82) is 0 Å². The zero-order valence-electron chi connectivity index (χ0n) is 13.9. The third-order valence-corrected chi connectivity index (χ3v) is 4.57. The SMILES string of the molecule is O=C(Nc1ccccc1N1CCc2ccccc2C1)c1ccncc1. The Morgan fingerprint density at radius 3 is 2.48 bits per heavy atom. The lowest BCUT2D eigenvalue weighted by Gasteiger charge is -2.32. The van der Waals surface area contributed by atoms with Crippen LogP contribution in [-0.2, 0) is 13.0 Å². The Bertz CT molecular complexity index is 892. The molecule has 0 aliphatic carbocycles. The maximum absolute atomic E-state index is 12.5. The first-order valence-corrected chi connectivity index (χ1v) is 8.43. The number of hydrogen-bond donors (Lipinski definition) is 1. The first-order valence-electron chi connectivity index (χ1n) is 8.43. The quantitative estimate of drug-likeness (QED) is 0.793. The van der Waals surface area contributed by atoms with E-state index < -0.39 is 0 Å². The number of carbonyl (C=O) groups excluding carboxylic acids is 1. The van der Waals surface area contributed by atoms with Crippen LogP contribution in [0.4, 0.5) is 11.4 Å². The number of fused-ring (bicyclic) bond motifs is 1. The molecule has 4 heteroatoms. The van der Waals surface area contributed by atoms with Crippen molar-refractivity contribution in [2.75, 3.05) is 16.8 Å². The van der Waals surface area contributed by atoms with Crippen LogP contribution < -0.4 is 10.2 Å². The van der Waals surface area contributed by atoms with Gasteiger partial charge in [0.05, 0.1) is 11.4 Å². The zero-order chi connectivity index (χ0) is 17.1. The number of nitrogens with zero attached hydrogens (tertiary/aromatic N) is 2. The molecule has 1 amide bonds. The van der Waals surface area contributed by atoms with Crippen LogP contribution in [0.15, 0.2) is 73.1 Å². The highest BCUT2D eigenvalue weighted by Crippen LogP contribution is 2.30. The van der Waals surface area contributed by atoms with Gasteiger partial charge in [0, 0.05) is 31.0 Å². The first-order chi connectivity index (χ1) is 12.3. The van der Waals surface area contributed by atoms with Gasteiger partial charge in [-0.2, -0.15) is 0 Å². The molecule has 2 heterocycles. The summed E-state index contributed by atoms with van der Waals surface area (Å²) in [7, 11) is 0. The standard InChI is InChI=1S/C21H19N3O/c25-21(17-9-12-22-13-10-17)23-19-7-3-4-8-20(19)24-14-11-16-5-1-2-6-18(16)15-24/h1-10,12-13H,11,14-15H2,(H,23,25). The molecule has 0 bridgehead atoms. The second-order valence-electron chi connectivity index (χ2n) is 6.15. The zero-order valence-corrected chi connectivity index (χ0v) is 13.9. The van der Waals surface area contributed by atoms with Crippen LogP contribution >= 0.6 is 0 Å². The van der Waals surface area contributed by atoms with Crippen LogP contribution in [0, 0.1) is 0 Å². The number of rotatable bonds is 3. The maximum Gasteiger partial charge on any atom is 0.255 e. The number of pyridine rings is 1. The van der Waals surface area contributed by atoms with E-state index in [0.29, 0.717) is 5.56 Å². The largest absolute Gasteiger partial charge is 0.365 e. The summed E-state index contributed by atoms with van der Waals surface area (Å²) >= 11 is 0. The number of carbonyl (C=O) groups is 1. The van der Waals surface area contributed by atoms with Crippen LogP contribution in [0.25, 0.3) is 0 Å². The van der Waals surface area contributed by atoms with Crippen molar-refractivity contribution in [3.05, 3.63) is 89.7 Å². The number of nitrogens with one attached hydrogen (secondary N) is 1. The molecule has 2 aromatic carbocycles. The minimum Gasteiger partial charge on any atom is -0.365 e. The summed E-state index contributed by atoms with van der Waals surface area (Å²) in [5, 5.41) is 3.04. The molecule has 4 nitrogen and oxygen atoms in total. The van der Waals surface area contributed by atoms with Crippen LogP contribution in [-0.4, -0.2) is 17.4 Å². The first kappa shape index (κ1) is 15.4. The van der Waals surface area contributed by atoms with Gasteiger partial charge >= 0.3 is 0 Å². The van der Waals surface area contributed by atoms with E-state index in [4.69, 9.17) is 0 Å². The second-order valence-corrected chi connectivity index (χ2v) is 6.15. The minimum atomic E-state index is -0.118. The van der Waals surface area contributed by atoms with E-state index in [0.717, 1.165) is 30.9 Å². The van der Waals surface area contributed by atoms with E-state index in [9.17, 15) is 4.79 Å². The molecule has 3 aromatic rings. The molecule has 0 saturated carbocycles. The number of para-hydroxylation sites is 2. The van der Waals surface area contributed by atoms with E-state index in [1.165, 1.54) is 11.1 Å². The van der Waals surface area contributed by atoms with Gasteiger partial charge in [0.25, 0.3) is 5.91 Å². The number of amides is 1. The van der Waals surface area contributed by atoms with Crippen molar-refractivity contribution in [3.63, 3.8) is 0 Å². The molecule has 25 heavy (non-hydrogen) atoms. The van der Waals surface area contributed by atoms with Gasteiger partial charge < -0.3 is 10.2 Å². The van der Waals surface area contributed by atoms with Gasteiger partial charge in [-0.25, -0.2) is 0 Å². The van der Waals surface area contributed by atoms with Crippen LogP contribution in [0.1, 0.15) is 21.5 Å². The molecular weight excluding hydrogens is 310 g/mol. The summed E-state index contributed by atoms with van der Waals surface area (Å²) in [5.41, 5.74) is 5.26. The van der Waals surface area contributed by atoms with Gasteiger partial charge in [-0.3, -0.25) is 9.78 Å². The lowest BCUT2D eigenvalue weighted by atomic mass is 9.99. The molecule has 0 radical (unpaired) electrons. The van der Waals surface area contributed by atoms with E-state index in [-0.39, 0.29) is 5.91 Å². The minimum absolute atomic E-state index is 0.118. The Kier molecular flexibility index (Phi) is 4.17. The van der Waals surface area contributed by atoms with E-state index >= 15 is 0 Å². The van der Waals surface area contributed by atoms with E-state index in [1.54, 1.807) is 24.5 Å². The fourth-order valence-corrected chi connectivity index (χ4v) is 3.25. The Balaban J connectivity index is 1.59. The van der Waals surface area contributed by atoms with Gasteiger partial charge in [-0.05, 0) is 41.8 Å². The Labute approximate surface area is 147 Å². The molecule has 0 fully saturated rings. The monoisotopic (exact) mass is 329 g/mol. The Morgan fingerprint density at radius 1 is 0.920 bits per heavy atom. The fourth-order valence-electron chi connectivity index (χ4n) is 3.25. The lowest BCUT2D eigenvalue weighted by molar-refractivity contribution is 0.102. The van der Waals surface area contributed by atoms with Crippen LogP contribution in [0.5, 0.6) is 0 Å². The van der Waals surface area contributed by atoms with Gasteiger partial charge in [0.15, 0.2) is 0 Å². The molecule has 0 atom stereocenters. The third kappa shape index (κ3) is 3.24. The predicted molar refractivity (Wildman–Crippen MR) is 99.8 cm³/mol. The molecule has 124 valence electrons. The number of anilines is 2. The molecule has 1 aliphatic rings. The normalized spacial score (nSPS) is 13.2. The number of benzene rings is 2. The molecule has 1 N–H and O–H groups in total. The van der Waals surface area contributed by atoms with Crippen molar-refractivity contribution >= 4 is 17.3 Å². The smallest absolute Gasteiger partial charge is 0.255 e. The average Bonchev–Trinajstić information content (AvgIpc) is 2.69. The van der Waals surface area contributed by atoms with Gasteiger partial charge in [0.1, 0.15) is 0 Å². The fraction of sp³-hybridized carbons (Fsp3) is 0.143. The summed E-state index contributed by atoms with van der Waals surface area (Å²) in [5.74, 6) is -0.118. The second kappa shape index (κ2) is 6.77. The summed E-state index contributed by atoms with van der Waals surface area (Å²) in [4.78, 5) is 18.8. The van der Waals surface area contributed by atoms with Crippen molar-refractivity contribution in [2.24, 2.45) is 0 Å². The van der Waals surface area contributed by atoms with Crippen molar-refractivity contribution in [2.45, 2.75) is 13.0 Å². The molecule has 0 spiro atoms. The van der Waals surface area contributed by atoms with Gasteiger partial charge in [0.2, 0.25) is 0 Å². The molecule has 0 saturated heterocycles. The van der Waals surface area contributed by atoms with Crippen molar-refractivity contribution in [1.82, 2.24) is 4.98 Å². The van der Waals surface area contributed by atoms with Crippen LogP contribution in [0.2, 0.25) is 0 Å². The highest BCUT2D eigenvalue weighted by atomic mass is 16.1. The van der Waals surface area contributed by atoms with E-state index in [2.05, 4.69) is 45.5 Å². The molecule has 1 aliphatic heterocycles. The third-order valence-electron chi connectivity index (χ3n) is 4.57. The molecule has 4 rings (SSSR count). The van der Waals surface area contributed by atoms with Crippen LogP contribution in [0.3, 0.4) is 0 Å².